The van der Waals surface area contributed by atoms with Gasteiger partial charge >= 0.3 is 12.1 Å². The molecule has 1 aliphatic carbocycles. The second kappa shape index (κ2) is 12.9. The number of carboxylic acids is 1. The molecule has 0 aromatic heterocycles. The van der Waals surface area contributed by atoms with Gasteiger partial charge in [-0.15, -0.1) is 0 Å². The van der Waals surface area contributed by atoms with Crippen molar-refractivity contribution >= 4 is 18.0 Å². The van der Waals surface area contributed by atoms with Crippen LogP contribution in [0.25, 0.3) is 11.1 Å². The van der Waals surface area contributed by atoms with Gasteiger partial charge in [0.15, 0.2) is 6.04 Å². The van der Waals surface area contributed by atoms with Crippen LogP contribution in [-0.4, -0.2) is 56.0 Å². The summed E-state index contributed by atoms with van der Waals surface area (Å²) in [7, 11) is 1.39. The summed E-state index contributed by atoms with van der Waals surface area (Å²) < 4.78 is 10.4. The summed E-state index contributed by atoms with van der Waals surface area (Å²) in [6, 6.07) is 15.3. The summed E-state index contributed by atoms with van der Waals surface area (Å²) >= 11 is 0. The number of carbonyl (C=O) groups excluding carboxylic acids is 2. The van der Waals surface area contributed by atoms with Crippen LogP contribution in [0.3, 0.4) is 0 Å². The molecule has 0 aliphatic heterocycles. The fourth-order valence-electron chi connectivity index (χ4n) is 4.52. The highest BCUT2D eigenvalue weighted by molar-refractivity contribution is 5.83. The van der Waals surface area contributed by atoms with E-state index in [2.05, 4.69) is 34.9 Å². The van der Waals surface area contributed by atoms with Crippen LogP contribution in [0, 0.1) is 5.92 Å². The molecule has 2 amide bonds. The van der Waals surface area contributed by atoms with Crippen molar-refractivity contribution in [2.75, 3.05) is 26.9 Å². The molecule has 35 heavy (non-hydrogen) atoms. The molecule has 2 atom stereocenters. The lowest BCUT2D eigenvalue weighted by molar-refractivity contribution is -0.143. The van der Waals surface area contributed by atoms with E-state index in [1.165, 1.54) is 29.4 Å². The average molecular weight is 483 g/mol. The maximum Gasteiger partial charge on any atom is 0.407 e. The molecule has 8 nitrogen and oxygen atoms in total. The Balaban J connectivity index is 1.41. The number of fused-ring (bicyclic) bond motifs is 3. The third-order valence-electron chi connectivity index (χ3n) is 6.49. The number of carboxylic acid groups (broad SMARTS) is 1. The Hall–Kier alpha value is -3.39. The summed E-state index contributed by atoms with van der Waals surface area (Å²) in [4.78, 5) is 35.6. The number of methoxy groups -OCH3 is 1. The van der Waals surface area contributed by atoms with Gasteiger partial charge in [0.05, 0.1) is 6.61 Å². The van der Waals surface area contributed by atoms with E-state index in [1.54, 1.807) is 0 Å². The first-order valence-electron chi connectivity index (χ1n) is 12.0. The van der Waals surface area contributed by atoms with E-state index in [4.69, 9.17) is 14.6 Å². The van der Waals surface area contributed by atoms with Gasteiger partial charge in [0, 0.05) is 26.0 Å². The standard InChI is InChI=1S/C27H34N2O6/c1-3-18(12-13-25(30)29-24(17-34-2)26(31)32)14-15-28-27(33)35-16-23-21-10-6-4-8-19(21)20-9-5-7-11-22(20)23/h4-11,18,23-24H,3,12-17H2,1-2H3,(H,28,33)(H,29,30)(H,31,32)/t18?,24-/m0/s1. The SMILES string of the molecule is CCC(CCNC(=O)OCC1c2ccccc2-c2ccccc21)CCC(=O)N[C@@H](COC)C(=O)O. The highest BCUT2D eigenvalue weighted by Gasteiger charge is 2.29. The molecule has 8 heteroatoms. The van der Waals surface area contributed by atoms with Crippen LogP contribution in [0.15, 0.2) is 48.5 Å². The number of amides is 2. The van der Waals surface area contributed by atoms with Crippen molar-refractivity contribution in [3.63, 3.8) is 0 Å². The molecular formula is C27H34N2O6. The predicted molar refractivity (Wildman–Crippen MR) is 132 cm³/mol. The Bertz CT molecular complexity index is 979. The van der Waals surface area contributed by atoms with Crippen LogP contribution in [0.1, 0.15) is 49.7 Å². The first-order chi connectivity index (χ1) is 16.9. The van der Waals surface area contributed by atoms with Gasteiger partial charge < -0.3 is 25.2 Å². The topological polar surface area (TPSA) is 114 Å². The van der Waals surface area contributed by atoms with Crippen LogP contribution in [0.4, 0.5) is 4.79 Å². The zero-order valence-electron chi connectivity index (χ0n) is 20.3. The molecule has 0 saturated heterocycles. The third-order valence-corrected chi connectivity index (χ3v) is 6.49. The largest absolute Gasteiger partial charge is 0.480 e. The second-order valence-corrected chi connectivity index (χ2v) is 8.77. The minimum atomic E-state index is -1.13. The monoisotopic (exact) mass is 482 g/mol. The van der Waals surface area contributed by atoms with E-state index in [1.807, 2.05) is 31.2 Å². The lowest BCUT2D eigenvalue weighted by Gasteiger charge is -2.17. The Morgan fingerprint density at radius 3 is 2.20 bits per heavy atom. The smallest absolute Gasteiger partial charge is 0.407 e. The molecule has 1 aliphatic rings. The van der Waals surface area contributed by atoms with Crippen LogP contribution in [0.5, 0.6) is 0 Å². The number of benzene rings is 2. The number of rotatable bonds is 13. The van der Waals surface area contributed by atoms with Crippen LogP contribution in [-0.2, 0) is 19.1 Å². The molecule has 0 heterocycles. The summed E-state index contributed by atoms with van der Waals surface area (Å²) in [5.74, 6) is -1.21. The number of nitrogens with one attached hydrogen (secondary N) is 2. The Morgan fingerprint density at radius 2 is 1.63 bits per heavy atom. The van der Waals surface area contributed by atoms with Crippen LogP contribution in [0.2, 0.25) is 0 Å². The van der Waals surface area contributed by atoms with E-state index in [0.29, 0.717) is 19.4 Å². The first-order valence-corrected chi connectivity index (χ1v) is 12.0. The number of hydrogen-bond donors (Lipinski definition) is 3. The summed E-state index contributed by atoms with van der Waals surface area (Å²) in [6.07, 6.45) is 1.92. The second-order valence-electron chi connectivity index (χ2n) is 8.77. The highest BCUT2D eigenvalue weighted by Crippen LogP contribution is 2.44. The summed E-state index contributed by atoms with van der Waals surface area (Å²) in [6.45, 7) is 2.66. The molecule has 2 aromatic carbocycles. The third kappa shape index (κ3) is 7.05. The van der Waals surface area contributed by atoms with E-state index >= 15 is 0 Å². The van der Waals surface area contributed by atoms with Crippen molar-refractivity contribution in [2.24, 2.45) is 5.92 Å². The van der Waals surface area contributed by atoms with Crippen LogP contribution < -0.4 is 10.6 Å². The van der Waals surface area contributed by atoms with Crippen molar-refractivity contribution in [1.82, 2.24) is 10.6 Å². The molecule has 0 spiro atoms. The Labute approximate surface area is 206 Å². The van der Waals surface area contributed by atoms with Gasteiger partial charge in [0.25, 0.3) is 0 Å². The zero-order valence-corrected chi connectivity index (χ0v) is 20.3. The molecule has 2 aromatic rings. The van der Waals surface area contributed by atoms with Crippen molar-refractivity contribution in [2.45, 2.75) is 44.6 Å². The molecule has 0 bridgehead atoms. The van der Waals surface area contributed by atoms with Gasteiger partial charge in [-0.25, -0.2) is 9.59 Å². The molecule has 3 rings (SSSR count). The molecule has 0 saturated carbocycles. The van der Waals surface area contributed by atoms with Crippen molar-refractivity contribution in [3.05, 3.63) is 59.7 Å². The van der Waals surface area contributed by atoms with Gasteiger partial charge in [-0.3, -0.25) is 4.79 Å². The highest BCUT2D eigenvalue weighted by atomic mass is 16.5. The molecule has 3 N–H and O–H groups in total. The van der Waals surface area contributed by atoms with Crippen molar-refractivity contribution in [1.29, 1.82) is 0 Å². The number of alkyl carbamates (subject to hydrolysis) is 1. The van der Waals surface area contributed by atoms with Gasteiger partial charge in [-0.05, 0) is 41.0 Å². The maximum absolute atomic E-state index is 12.3. The van der Waals surface area contributed by atoms with Gasteiger partial charge in [-0.1, -0.05) is 61.9 Å². The van der Waals surface area contributed by atoms with Crippen molar-refractivity contribution in [3.8, 4) is 11.1 Å². The molecule has 0 fully saturated rings. The lowest BCUT2D eigenvalue weighted by Crippen LogP contribution is -2.43. The van der Waals surface area contributed by atoms with E-state index in [0.717, 1.165) is 6.42 Å². The van der Waals surface area contributed by atoms with E-state index in [-0.39, 0.29) is 37.4 Å². The average Bonchev–Trinajstić information content (AvgIpc) is 3.18. The minimum absolute atomic E-state index is 0.0165. The fraction of sp³-hybridized carbons (Fsp3) is 0.444. The van der Waals surface area contributed by atoms with E-state index < -0.39 is 18.1 Å². The lowest BCUT2D eigenvalue weighted by atomic mass is 9.96. The Morgan fingerprint density at radius 1 is 1.00 bits per heavy atom. The normalized spacial score (nSPS) is 13.9. The van der Waals surface area contributed by atoms with Gasteiger partial charge in [0.2, 0.25) is 5.91 Å². The number of aliphatic carboxylic acids is 1. The quantitative estimate of drug-likeness (QED) is 0.399. The molecule has 0 radical (unpaired) electrons. The van der Waals surface area contributed by atoms with Crippen molar-refractivity contribution < 1.29 is 29.0 Å². The predicted octanol–water partition coefficient (Wildman–Crippen LogP) is 3.94. The molecular weight excluding hydrogens is 448 g/mol. The van der Waals surface area contributed by atoms with Crippen LogP contribution >= 0.6 is 0 Å². The fourth-order valence-corrected chi connectivity index (χ4v) is 4.52. The number of carbonyl (C=O) groups is 3. The Kier molecular flexibility index (Phi) is 9.66. The number of hydrogen-bond acceptors (Lipinski definition) is 5. The summed E-state index contributed by atoms with van der Waals surface area (Å²) in [5.41, 5.74) is 4.70. The van der Waals surface area contributed by atoms with Gasteiger partial charge in [0.1, 0.15) is 6.61 Å². The maximum atomic E-state index is 12.3. The van der Waals surface area contributed by atoms with E-state index in [9.17, 15) is 14.4 Å². The van der Waals surface area contributed by atoms with Gasteiger partial charge in [-0.2, -0.15) is 0 Å². The molecule has 188 valence electrons. The first kappa shape index (κ1) is 26.2. The minimum Gasteiger partial charge on any atom is -0.480 e. The zero-order chi connectivity index (χ0) is 25.2. The summed E-state index contributed by atoms with van der Waals surface area (Å²) in [5, 5.41) is 14.4. The number of ether oxygens (including phenoxy) is 2. The molecule has 1 unspecified atom stereocenters.